The molecule has 1 aliphatic heterocycles. The van der Waals surface area contributed by atoms with Crippen molar-refractivity contribution in [3.05, 3.63) is 5.69 Å². The third kappa shape index (κ3) is 2.14. The van der Waals surface area contributed by atoms with Gasteiger partial charge in [-0.3, -0.25) is 9.69 Å². The van der Waals surface area contributed by atoms with E-state index in [2.05, 4.69) is 19.8 Å². The molecule has 0 aliphatic carbocycles. The van der Waals surface area contributed by atoms with Gasteiger partial charge in [0.15, 0.2) is 0 Å². The Morgan fingerprint density at radius 2 is 2.56 bits per heavy atom. The zero-order chi connectivity index (χ0) is 11.5. The van der Waals surface area contributed by atoms with Crippen molar-refractivity contribution in [3.63, 3.8) is 0 Å². The molecule has 0 saturated carbocycles. The summed E-state index contributed by atoms with van der Waals surface area (Å²) >= 11 is 1.19. The highest BCUT2D eigenvalue weighted by Crippen LogP contribution is 2.22. The molecule has 1 saturated heterocycles. The fourth-order valence-electron chi connectivity index (χ4n) is 2.00. The predicted molar refractivity (Wildman–Crippen MR) is 61.8 cm³/mol. The minimum absolute atomic E-state index is 0.0499. The molecular weight excluding hydrogens is 226 g/mol. The number of rotatable bonds is 3. The number of nitrogens with two attached hydrogens (primary N) is 1. The molecule has 6 nitrogen and oxygen atoms in total. The van der Waals surface area contributed by atoms with Gasteiger partial charge in [0.05, 0.1) is 6.04 Å². The van der Waals surface area contributed by atoms with Crippen LogP contribution in [-0.4, -0.2) is 40.0 Å². The molecule has 1 aromatic rings. The molecule has 0 radical (unpaired) electrons. The number of aromatic nitrogens is 2. The van der Waals surface area contributed by atoms with Crippen LogP contribution in [-0.2, 0) is 11.3 Å². The van der Waals surface area contributed by atoms with Gasteiger partial charge in [-0.05, 0) is 19.4 Å². The van der Waals surface area contributed by atoms with Gasteiger partial charge in [0.2, 0.25) is 5.91 Å². The molecule has 7 heteroatoms. The summed E-state index contributed by atoms with van der Waals surface area (Å²) in [5.74, 6) is 0.0688. The molecule has 1 fully saturated rings. The maximum atomic E-state index is 11.6. The van der Waals surface area contributed by atoms with E-state index in [9.17, 15) is 4.79 Å². The molecule has 1 aromatic heterocycles. The van der Waals surface area contributed by atoms with Crippen molar-refractivity contribution in [2.45, 2.75) is 25.4 Å². The maximum absolute atomic E-state index is 11.6. The van der Waals surface area contributed by atoms with Gasteiger partial charge in [-0.15, -0.1) is 5.10 Å². The van der Waals surface area contributed by atoms with Gasteiger partial charge >= 0.3 is 0 Å². The molecular formula is C9H15N5OS. The highest BCUT2D eigenvalue weighted by atomic mass is 32.1. The number of hydrogen-bond donors (Lipinski definition) is 2. The highest BCUT2D eigenvalue weighted by Gasteiger charge is 2.30. The Morgan fingerprint density at radius 1 is 1.75 bits per heavy atom. The number of amides is 1. The Bertz CT molecular complexity index is 380. The lowest BCUT2D eigenvalue weighted by atomic mass is 10.2. The van der Waals surface area contributed by atoms with E-state index in [0.29, 0.717) is 11.5 Å². The minimum Gasteiger partial charge on any atom is -0.388 e. The van der Waals surface area contributed by atoms with Crippen LogP contribution in [0.1, 0.15) is 18.5 Å². The van der Waals surface area contributed by atoms with E-state index in [1.807, 2.05) is 0 Å². The number of nitrogens with one attached hydrogen (secondary N) is 1. The zero-order valence-corrected chi connectivity index (χ0v) is 9.96. The van der Waals surface area contributed by atoms with Gasteiger partial charge in [0.25, 0.3) is 0 Å². The molecule has 1 amide bonds. The van der Waals surface area contributed by atoms with E-state index in [1.165, 1.54) is 11.5 Å². The van der Waals surface area contributed by atoms with E-state index >= 15 is 0 Å². The van der Waals surface area contributed by atoms with Gasteiger partial charge in [-0.25, -0.2) is 0 Å². The summed E-state index contributed by atoms with van der Waals surface area (Å²) in [6, 6.07) is -0.0499. The predicted octanol–water partition coefficient (Wildman–Crippen LogP) is -0.169. The Hall–Kier alpha value is -1.21. The van der Waals surface area contributed by atoms with Gasteiger partial charge in [-0.2, -0.15) is 0 Å². The molecule has 2 heterocycles. The molecule has 16 heavy (non-hydrogen) atoms. The summed E-state index contributed by atoms with van der Waals surface area (Å²) in [5, 5.41) is 7.30. The van der Waals surface area contributed by atoms with Crippen LogP contribution in [0.25, 0.3) is 0 Å². The fourth-order valence-corrected chi connectivity index (χ4v) is 2.43. The van der Waals surface area contributed by atoms with Gasteiger partial charge in [0.1, 0.15) is 10.7 Å². The van der Waals surface area contributed by atoms with Crippen molar-refractivity contribution < 1.29 is 4.79 Å². The van der Waals surface area contributed by atoms with Crippen LogP contribution in [0.3, 0.4) is 0 Å². The minimum atomic E-state index is -0.0499. The quantitative estimate of drug-likeness (QED) is 0.767. The van der Waals surface area contributed by atoms with Crippen molar-refractivity contribution in [2.24, 2.45) is 0 Å². The monoisotopic (exact) mass is 241 g/mol. The largest absolute Gasteiger partial charge is 0.388 e. The first kappa shape index (κ1) is 11.3. The van der Waals surface area contributed by atoms with Crippen LogP contribution in [0, 0.1) is 0 Å². The maximum Gasteiger partial charge on any atom is 0.237 e. The summed E-state index contributed by atoms with van der Waals surface area (Å²) in [5.41, 5.74) is 6.52. The van der Waals surface area contributed by atoms with E-state index in [1.54, 1.807) is 7.05 Å². The molecule has 1 atom stereocenters. The van der Waals surface area contributed by atoms with Gasteiger partial charge in [-0.1, -0.05) is 4.49 Å². The van der Waals surface area contributed by atoms with Crippen molar-refractivity contribution >= 4 is 22.4 Å². The standard InChI is InChI=1S/C9H15N5OS/c1-11-9(15)7-3-2-4-14(7)5-6-8(10)16-13-12-6/h7H,2-5,10H2,1H3,(H,11,15). The molecule has 2 rings (SSSR count). The summed E-state index contributed by atoms with van der Waals surface area (Å²) < 4.78 is 3.79. The lowest BCUT2D eigenvalue weighted by molar-refractivity contribution is -0.125. The van der Waals surface area contributed by atoms with Gasteiger partial charge < -0.3 is 11.1 Å². The first-order valence-electron chi connectivity index (χ1n) is 5.24. The second-order valence-electron chi connectivity index (χ2n) is 3.83. The summed E-state index contributed by atoms with van der Waals surface area (Å²) in [7, 11) is 1.66. The SMILES string of the molecule is CNC(=O)C1CCCN1Cc1nnsc1N. The van der Waals surface area contributed by atoms with Crippen LogP contribution in [0.2, 0.25) is 0 Å². The van der Waals surface area contributed by atoms with Crippen LogP contribution >= 0.6 is 11.5 Å². The lowest BCUT2D eigenvalue weighted by Crippen LogP contribution is -2.41. The van der Waals surface area contributed by atoms with E-state index < -0.39 is 0 Å². The molecule has 0 bridgehead atoms. The number of carbonyl (C=O) groups is 1. The summed E-state index contributed by atoms with van der Waals surface area (Å²) in [4.78, 5) is 13.7. The number of anilines is 1. The third-order valence-electron chi connectivity index (χ3n) is 2.85. The average molecular weight is 241 g/mol. The number of carbonyl (C=O) groups excluding carboxylic acids is 1. The van der Waals surface area contributed by atoms with Crippen molar-refractivity contribution in [2.75, 3.05) is 19.3 Å². The number of hydrogen-bond acceptors (Lipinski definition) is 6. The molecule has 1 aliphatic rings. The van der Waals surface area contributed by atoms with Crippen molar-refractivity contribution in [1.82, 2.24) is 19.8 Å². The number of nitrogen functional groups attached to an aromatic ring is 1. The van der Waals surface area contributed by atoms with E-state index in [-0.39, 0.29) is 11.9 Å². The van der Waals surface area contributed by atoms with Crippen molar-refractivity contribution in [3.8, 4) is 0 Å². The van der Waals surface area contributed by atoms with Crippen molar-refractivity contribution in [1.29, 1.82) is 0 Å². The molecule has 0 spiro atoms. The summed E-state index contributed by atoms with van der Waals surface area (Å²) in [6.45, 7) is 1.52. The normalized spacial score (nSPS) is 21.2. The Kier molecular flexibility index (Phi) is 3.35. The zero-order valence-electron chi connectivity index (χ0n) is 9.14. The van der Waals surface area contributed by atoms with E-state index in [0.717, 1.165) is 25.1 Å². The molecule has 1 unspecified atom stereocenters. The Morgan fingerprint density at radius 3 is 3.19 bits per heavy atom. The van der Waals surface area contributed by atoms with Crippen LogP contribution < -0.4 is 11.1 Å². The Balaban J connectivity index is 2.04. The smallest absolute Gasteiger partial charge is 0.237 e. The molecule has 88 valence electrons. The fraction of sp³-hybridized carbons (Fsp3) is 0.667. The summed E-state index contributed by atoms with van der Waals surface area (Å²) in [6.07, 6.45) is 1.94. The molecule has 0 aromatic carbocycles. The van der Waals surface area contributed by atoms with Crippen LogP contribution in [0.15, 0.2) is 0 Å². The number of likely N-dealkylation sites (N-methyl/N-ethyl adjacent to an activating group) is 1. The molecule has 3 N–H and O–H groups in total. The highest BCUT2D eigenvalue weighted by molar-refractivity contribution is 7.09. The van der Waals surface area contributed by atoms with E-state index in [4.69, 9.17) is 5.73 Å². The average Bonchev–Trinajstić information content (AvgIpc) is 2.88. The van der Waals surface area contributed by atoms with Gasteiger partial charge in [0, 0.05) is 25.1 Å². The van der Waals surface area contributed by atoms with Crippen LogP contribution in [0.5, 0.6) is 0 Å². The first-order chi connectivity index (χ1) is 7.72. The van der Waals surface area contributed by atoms with Crippen LogP contribution in [0.4, 0.5) is 5.00 Å². The second-order valence-corrected chi connectivity index (χ2v) is 4.61. The first-order valence-corrected chi connectivity index (χ1v) is 6.02. The second kappa shape index (κ2) is 4.75. The number of nitrogens with zero attached hydrogens (tertiary/aromatic N) is 3. The Labute approximate surface area is 98.0 Å². The third-order valence-corrected chi connectivity index (χ3v) is 3.45. The lowest BCUT2D eigenvalue weighted by Gasteiger charge is -2.21. The topological polar surface area (TPSA) is 84.1 Å². The number of likely N-dealkylation sites (tertiary alicyclic amines) is 1.